The number of nitrogens with zero attached hydrogens (tertiary/aromatic N) is 1. The van der Waals surface area contributed by atoms with E-state index in [1.807, 2.05) is 0 Å². The van der Waals surface area contributed by atoms with E-state index in [1.165, 1.54) is 94.4 Å². The molecule has 9 aromatic rings. The highest BCUT2D eigenvalue weighted by Crippen LogP contribution is 2.66. The standard InChI is InChI=1S/C66H49N/c1-4-20-46(21-5-1)47-38-42-52(43-39-47)67(53-44-40-49(41-45-53)55-30-18-23-48-22-10-11-28-54(48)55)63-37-17-16-35-61(63)65(50-24-6-2-7-25-50)59-33-14-15-34-60(59)66(51-26-8-3-9-27-51)58-32-13-12-29-56(58)57-31-19-36-62(65)64(57)66/h1-4,6-16,18-20,22-36,38-45H,5,17,21,37H2. The van der Waals surface area contributed by atoms with Gasteiger partial charge in [-0.3, -0.25) is 0 Å². The maximum atomic E-state index is 2.59. The molecule has 0 N–H and O–H groups in total. The van der Waals surface area contributed by atoms with Crippen LogP contribution in [0, 0.1) is 0 Å². The SMILES string of the molecule is C1=CCCC(c2ccc(N(C3=C(C4(c5ccccc5)c5ccccc5C5(c6ccccc6)c6ccccc6-c6cccc4c65)C=CCC3)c3ccc(-c4cccc5ccccc45)cc3)cc2)=C1. The first kappa shape index (κ1) is 39.4. The van der Waals surface area contributed by atoms with Crippen LogP contribution in [0.25, 0.3) is 38.6 Å². The van der Waals surface area contributed by atoms with E-state index in [0.29, 0.717) is 0 Å². The normalized spacial score (nSPS) is 18.8. The average molecular weight is 856 g/mol. The predicted octanol–water partition coefficient (Wildman–Crippen LogP) is 16.7. The smallest absolute Gasteiger partial charge is 0.0725 e. The van der Waals surface area contributed by atoms with Crippen LogP contribution in [0.1, 0.15) is 70.2 Å². The minimum Gasteiger partial charge on any atom is -0.314 e. The molecular weight excluding hydrogens is 807 g/mol. The fourth-order valence-corrected chi connectivity index (χ4v) is 12.4. The van der Waals surface area contributed by atoms with Gasteiger partial charge in [0, 0.05) is 17.1 Å². The molecule has 0 saturated heterocycles. The van der Waals surface area contributed by atoms with Crippen molar-refractivity contribution < 1.29 is 0 Å². The molecule has 4 aliphatic carbocycles. The fourth-order valence-electron chi connectivity index (χ4n) is 12.4. The maximum Gasteiger partial charge on any atom is 0.0725 e. The van der Waals surface area contributed by atoms with Crippen molar-refractivity contribution in [3.63, 3.8) is 0 Å². The van der Waals surface area contributed by atoms with Crippen LogP contribution < -0.4 is 4.90 Å². The summed E-state index contributed by atoms with van der Waals surface area (Å²) in [4.78, 5) is 2.59. The molecule has 0 saturated carbocycles. The quantitative estimate of drug-likeness (QED) is 0.147. The Bertz CT molecular complexity index is 3490. The zero-order valence-electron chi connectivity index (χ0n) is 37.4. The molecule has 67 heavy (non-hydrogen) atoms. The van der Waals surface area contributed by atoms with Gasteiger partial charge in [-0.1, -0.05) is 225 Å². The van der Waals surface area contributed by atoms with Gasteiger partial charge < -0.3 is 4.90 Å². The van der Waals surface area contributed by atoms with Gasteiger partial charge in [-0.05, 0) is 139 Å². The summed E-state index contributed by atoms with van der Waals surface area (Å²) in [6.45, 7) is 0. The second-order valence-electron chi connectivity index (χ2n) is 18.5. The van der Waals surface area contributed by atoms with Crippen molar-refractivity contribution in [1.82, 2.24) is 0 Å². The topological polar surface area (TPSA) is 3.24 Å². The summed E-state index contributed by atoms with van der Waals surface area (Å²) in [7, 11) is 0. The van der Waals surface area contributed by atoms with Gasteiger partial charge in [-0.15, -0.1) is 0 Å². The molecule has 318 valence electrons. The molecule has 0 spiro atoms. The second kappa shape index (κ2) is 15.9. The lowest BCUT2D eigenvalue weighted by Gasteiger charge is -2.51. The van der Waals surface area contributed by atoms with E-state index in [0.717, 1.165) is 37.1 Å². The van der Waals surface area contributed by atoms with Crippen molar-refractivity contribution >= 4 is 27.7 Å². The summed E-state index contributed by atoms with van der Waals surface area (Å²) in [5.41, 5.74) is 20.8. The first-order valence-electron chi connectivity index (χ1n) is 24.0. The van der Waals surface area contributed by atoms with Crippen molar-refractivity contribution in [2.45, 2.75) is 36.5 Å². The van der Waals surface area contributed by atoms with Crippen LogP contribution in [0.4, 0.5) is 11.4 Å². The lowest BCUT2D eigenvalue weighted by molar-refractivity contribution is 0.615. The summed E-state index contributed by atoms with van der Waals surface area (Å²) in [6, 6.07) is 82.6. The highest BCUT2D eigenvalue weighted by Gasteiger charge is 2.58. The molecule has 9 aromatic carbocycles. The zero-order valence-corrected chi connectivity index (χ0v) is 37.4. The van der Waals surface area contributed by atoms with Crippen LogP contribution in [0.15, 0.2) is 260 Å². The van der Waals surface area contributed by atoms with Crippen LogP contribution in [0.5, 0.6) is 0 Å². The third-order valence-corrected chi connectivity index (χ3v) is 15.2. The average Bonchev–Trinajstić information content (AvgIpc) is 3.72. The molecule has 0 fully saturated rings. The van der Waals surface area contributed by atoms with E-state index < -0.39 is 10.8 Å². The van der Waals surface area contributed by atoms with Crippen LogP contribution >= 0.6 is 0 Å². The number of rotatable bonds is 8. The van der Waals surface area contributed by atoms with Crippen molar-refractivity contribution in [3.05, 3.63) is 305 Å². The van der Waals surface area contributed by atoms with Gasteiger partial charge in [0.15, 0.2) is 0 Å². The van der Waals surface area contributed by atoms with Crippen molar-refractivity contribution in [3.8, 4) is 22.3 Å². The van der Waals surface area contributed by atoms with Gasteiger partial charge in [0.05, 0.1) is 10.8 Å². The monoisotopic (exact) mass is 855 g/mol. The summed E-state index contributed by atoms with van der Waals surface area (Å²) in [5.74, 6) is 0. The molecule has 1 heteroatoms. The van der Waals surface area contributed by atoms with Gasteiger partial charge in [0.25, 0.3) is 0 Å². The molecule has 4 aliphatic rings. The summed E-state index contributed by atoms with van der Waals surface area (Å²) < 4.78 is 0. The summed E-state index contributed by atoms with van der Waals surface area (Å²) >= 11 is 0. The third kappa shape index (κ3) is 5.87. The van der Waals surface area contributed by atoms with E-state index in [9.17, 15) is 0 Å². The molecule has 0 radical (unpaired) electrons. The molecular formula is C66H49N. The molecule has 0 bridgehead atoms. The molecule has 0 heterocycles. The molecule has 2 unspecified atom stereocenters. The lowest BCUT2D eigenvalue weighted by atomic mass is 9.51. The molecule has 0 aromatic heterocycles. The number of hydrogen-bond acceptors (Lipinski definition) is 1. The Balaban J connectivity index is 1.11. The van der Waals surface area contributed by atoms with E-state index in [2.05, 4.69) is 254 Å². The Kier molecular flexibility index (Phi) is 9.32. The molecule has 0 aliphatic heterocycles. The van der Waals surface area contributed by atoms with Crippen molar-refractivity contribution in [2.24, 2.45) is 0 Å². The summed E-state index contributed by atoms with van der Waals surface area (Å²) in [5, 5.41) is 2.52. The minimum atomic E-state index is -0.671. The van der Waals surface area contributed by atoms with E-state index in [1.54, 1.807) is 0 Å². The van der Waals surface area contributed by atoms with Gasteiger partial charge in [-0.2, -0.15) is 0 Å². The highest BCUT2D eigenvalue weighted by atomic mass is 15.2. The Morgan fingerprint density at radius 3 is 1.67 bits per heavy atom. The predicted molar refractivity (Wildman–Crippen MR) is 280 cm³/mol. The first-order valence-corrected chi connectivity index (χ1v) is 24.0. The molecule has 2 atom stereocenters. The van der Waals surface area contributed by atoms with E-state index in [-0.39, 0.29) is 0 Å². The Morgan fingerprint density at radius 1 is 0.388 bits per heavy atom. The number of fused-ring (bicyclic) bond motifs is 6. The van der Waals surface area contributed by atoms with Crippen molar-refractivity contribution in [2.75, 3.05) is 4.90 Å². The van der Waals surface area contributed by atoms with Crippen LogP contribution in [-0.2, 0) is 10.8 Å². The number of allylic oxidation sites excluding steroid dienone is 8. The number of anilines is 2. The highest BCUT2D eigenvalue weighted by molar-refractivity contribution is 5.97. The fraction of sp³-hybridized carbons (Fsp3) is 0.0909. The lowest BCUT2D eigenvalue weighted by Crippen LogP contribution is -2.45. The minimum absolute atomic E-state index is 0.506. The van der Waals surface area contributed by atoms with Crippen molar-refractivity contribution in [1.29, 1.82) is 0 Å². The Morgan fingerprint density at radius 2 is 0.940 bits per heavy atom. The van der Waals surface area contributed by atoms with Crippen LogP contribution in [0.2, 0.25) is 0 Å². The van der Waals surface area contributed by atoms with E-state index in [4.69, 9.17) is 0 Å². The maximum absolute atomic E-state index is 2.59. The third-order valence-electron chi connectivity index (χ3n) is 15.2. The Hall–Kier alpha value is -8.00. The van der Waals surface area contributed by atoms with Gasteiger partial charge >= 0.3 is 0 Å². The molecule has 0 amide bonds. The molecule has 1 nitrogen and oxygen atoms in total. The number of hydrogen-bond donors (Lipinski definition) is 0. The molecule has 13 rings (SSSR count). The number of benzene rings is 9. The van der Waals surface area contributed by atoms with Gasteiger partial charge in [0.1, 0.15) is 0 Å². The largest absolute Gasteiger partial charge is 0.314 e. The van der Waals surface area contributed by atoms with Crippen LogP contribution in [-0.4, -0.2) is 0 Å². The zero-order chi connectivity index (χ0) is 44.4. The van der Waals surface area contributed by atoms with Gasteiger partial charge in [0.2, 0.25) is 0 Å². The summed E-state index contributed by atoms with van der Waals surface area (Å²) in [6.07, 6.45) is 15.6. The van der Waals surface area contributed by atoms with E-state index >= 15 is 0 Å². The second-order valence-corrected chi connectivity index (χ2v) is 18.5. The van der Waals surface area contributed by atoms with Crippen LogP contribution in [0.3, 0.4) is 0 Å². The first-order chi connectivity index (χ1) is 33.3. The Labute approximate surface area is 394 Å². The van der Waals surface area contributed by atoms with Gasteiger partial charge in [-0.25, -0.2) is 0 Å².